The quantitative estimate of drug-likeness (QED) is 0.755. The van der Waals surface area contributed by atoms with Crippen molar-refractivity contribution in [3.05, 3.63) is 0 Å². The minimum absolute atomic E-state index is 0.103. The molecule has 16 heavy (non-hydrogen) atoms. The van der Waals surface area contributed by atoms with Crippen LogP contribution in [-0.2, 0) is 14.8 Å². The van der Waals surface area contributed by atoms with Gasteiger partial charge in [0.15, 0.2) is 5.75 Å². The summed E-state index contributed by atoms with van der Waals surface area (Å²) in [5.74, 6) is -1.33. The Bertz CT molecular complexity index is 352. The average molecular weight is 249 g/mol. The minimum Gasteiger partial charge on any atom is -0.480 e. The van der Waals surface area contributed by atoms with Gasteiger partial charge < -0.3 is 5.11 Å². The lowest BCUT2D eigenvalue weighted by atomic mass is 9.94. The van der Waals surface area contributed by atoms with E-state index in [0.717, 1.165) is 19.3 Å². The Kier molecular flexibility index (Phi) is 4.32. The third-order valence-electron chi connectivity index (χ3n) is 3.40. The summed E-state index contributed by atoms with van der Waals surface area (Å²) in [5.41, 5.74) is 0. The molecule has 6 heteroatoms. The van der Waals surface area contributed by atoms with E-state index in [2.05, 4.69) is 11.6 Å². The molecule has 1 fully saturated rings. The van der Waals surface area contributed by atoms with Gasteiger partial charge in [0.1, 0.15) is 0 Å². The summed E-state index contributed by atoms with van der Waals surface area (Å²) in [6.07, 6.45) is 2.86. The summed E-state index contributed by atoms with van der Waals surface area (Å²) in [5, 5.41) is 8.47. The predicted octanol–water partition coefficient (Wildman–Crippen LogP) is 0.815. The van der Waals surface area contributed by atoms with Crippen LogP contribution in [0.4, 0.5) is 0 Å². The Balaban J connectivity index is 2.59. The number of carboxylic acids is 1. The third kappa shape index (κ3) is 3.45. The van der Waals surface area contributed by atoms with Crippen LogP contribution in [0.15, 0.2) is 0 Å². The first kappa shape index (κ1) is 13.4. The van der Waals surface area contributed by atoms with E-state index >= 15 is 0 Å². The van der Waals surface area contributed by atoms with Crippen molar-refractivity contribution in [2.24, 2.45) is 11.8 Å². The number of nitrogens with one attached hydrogen (secondary N) is 1. The zero-order valence-electron chi connectivity index (χ0n) is 9.64. The number of carboxylic acid groups (broad SMARTS) is 1. The van der Waals surface area contributed by atoms with Gasteiger partial charge in [-0.1, -0.05) is 20.3 Å². The molecule has 1 rings (SSSR count). The molecule has 3 atom stereocenters. The highest BCUT2D eigenvalue weighted by molar-refractivity contribution is 7.90. The Morgan fingerprint density at radius 2 is 2.06 bits per heavy atom. The molecule has 0 amide bonds. The fourth-order valence-corrected chi connectivity index (χ4v) is 3.63. The molecule has 2 N–H and O–H groups in total. The molecule has 0 spiro atoms. The molecule has 0 heterocycles. The van der Waals surface area contributed by atoms with E-state index in [1.807, 2.05) is 6.92 Å². The Labute approximate surface area is 96.3 Å². The highest BCUT2D eigenvalue weighted by Gasteiger charge is 2.34. The SMILES string of the molecule is CCC1CCC(NS(=O)(=O)CC(=O)O)C1C. The lowest BCUT2D eigenvalue weighted by molar-refractivity contribution is -0.134. The number of hydrogen-bond acceptors (Lipinski definition) is 3. The van der Waals surface area contributed by atoms with Crippen LogP contribution in [-0.4, -0.2) is 31.3 Å². The van der Waals surface area contributed by atoms with Gasteiger partial charge in [0.25, 0.3) is 0 Å². The Morgan fingerprint density at radius 3 is 2.50 bits per heavy atom. The summed E-state index contributed by atoms with van der Waals surface area (Å²) >= 11 is 0. The van der Waals surface area contributed by atoms with Crippen molar-refractivity contribution >= 4 is 16.0 Å². The molecule has 0 aliphatic heterocycles. The normalized spacial score (nSPS) is 30.5. The molecule has 1 saturated carbocycles. The summed E-state index contributed by atoms with van der Waals surface area (Å²) in [4.78, 5) is 10.4. The van der Waals surface area contributed by atoms with E-state index in [9.17, 15) is 13.2 Å². The molecule has 0 saturated heterocycles. The maximum atomic E-state index is 11.4. The maximum absolute atomic E-state index is 11.4. The number of carbonyl (C=O) groups is 1. The molecule has 1 aliphatic carbocycles. The van der Waals surface area contributed by atoms with Gasteiger partial charge in [-0.3, -0.25) is 4.79 Å². The van der Waals surface area contributed by atoms with Gasteiger partial charge in [0, 0.05) is 6.04 Å². The number of rotatable bonds is 5. The molecular formula is C10H19NO4S. The van der Waals surface area contributed by atoms with Gasteiger partial charge in [-0.25, -0.2) is 13.1 Å². The zero-order chi connectivity index (χ0) is 12.3. The molecule has 3 unspecified atom stereocenters. The molecule has 5 nitrogen and oxygen atoms in total. The minimum atomic E-state index is -3.68. The first-order chi connectivity index (χ1) is 7.35. The lowest BCUT2D eigenvalue weighted by Gasteiger charge is -2.20. The van der Waals surface area contributed by atoms with Crippen molar-refractivity contribution in [1.29, 1.82) is 0 Å². The van der Waals surface area contributed by atoms with Crippen LogP contribution in [0.2, 0.25) is 0 Å². The van der Waals surface area contributed by atoms with Crippen LogP contribution < -0.4 is 4.72 Å². The second kappa shape index (κ2) is 5.14. The van der Waals surface area contributed by atoms with E-state index in [4.69, 9.17) is 5.11 Å². The summed E-state index contributed by atoms with van der Waals surface area (Å²) < 4.78 is 25.4. The molecule has 0 aromatic carbocycles. The molecule has 0 bridgehead atoms. The van der Waals surface area contributed by atoms with Crippen LogP contribution >= 0.6 is 0 Å². The van der Waals surface area contributed by atoms with Crippen LogP contribution in [0.25, 0.3) is 0 Å². The molecule has 94 valence electrons. The van der Waals surface area contributed by atoms with Gasteiger partial charge in [0.05, 0.1) is 0 Å². The first-order valence-corrected chi connectivity index (χ1v) is 7.22. The topological polar surface area (TPSA) is 83.5 Å². The summed E-state index contributed by atoms with van der Waals surface area (Å²) in [7, 11) is -3.68. The summed E-state index contributed by atoms with van der Waals surface area (Å²) in [6.45, 7) is 4.12. The number of sulfonamides is 1. The molecule has 1 aliphatic rings. The number of hydrogen-bond donors (Lipinski definition) is 2. The van der Waals surface area contributed by atoms with Gasteiger partial charge >= 0.3 is 5.97 Å². The fourth-order valence-electron chi connectivity index (χ4n) is 2.42. The van der Waals surface area contributed by atoms with Crippen molar-refractivity contribution in [2.45, 2.75) is 39.2 Å². The van der Waals surface area contributed by atoms with Gasteiger partial charge in [0.2, 0.25) is 10.0 Å². The highest BCUT2D eigenvalue weighted by Crippen LogP contribution is 2.34. The van der Waals surface area contributed by atoms with E-state index in [0.29, 0.717) is 5.92 Å². The van der Waals surface area contributed by atoms with Gasteiger partial charge in [-0.15, -0.1) is 0 Å². The highest BCUT2D eigenvalue weighted by atomic mass is 32.2. The maximum Gasteiger partial charge on any atom is 0.320 e. The van der Waals surface area contributed by atoms with Crippen molar-refractivity contribution in [1.82, 2.24) is 4.72 Å². The molecular weight excluding hydrogens is 230 g/mol. The largest absolute Gasteiger partial charge is 0.480 e. The van der Waals surface area contributed by atoms with Crippen molar-refractivity contribution in [2.75, 3.05) is 5.75 Å². The van der Waals surface area contributed by atoms with Crippen LogP contribution in [0.3, 0.4) is 0 Å². The van der Waals surface area contributed by atoms with Crippen LogP contribution in [0.5, 0.6) is 0 Å². The molecule has 0 aromatic heterocycles. The lowest BCUT2D eigenvalue weighted by Crippen LogP contribution is -2.40. The van der Waals surface area contributed by atoms with Gasteiger partial charge in [-0.05, 0) is 24.7 Å². The van der Waals surface area contributed by atoms with E-state index < -0.39 is 21.7 Å². The predicted molar refractivity (Wildman–Crippen MR) is 60.5 cm³/mol. The molecule has 0 aromatic rings. The second-order valence-electron chi connectivity index (χ2n) is 4.48. The van der Waals surface area contributed by atoms with Crippen molar-refractivity contribution in [3.8, 4) is 0 Å². The van der Waals surface area contributed by atoms with Crippen molar-refractivity contribution < 1.29 is 18.3 Å². The third-order valence-corrected chi connectivity index (χ3v) is 4.68. The molecule has 0 radical (unpaired) electrons. The number of aliphatic carboxylic acids is 1. The monoisotopic (exact) mass is 249 g/mol. The average Bonchev–Trinajstić information content (AvgIpc) is 2.45. The Morgan fingerprint density at radius 1 is 1.44 bits per heavy atom. The first-order valence-electron chi connectivity index (χ1n) is 5.57. The fraction of sp³-hybridized carbons (Fsp3) is 0.900. The second-order valence-corrected chi connectivity index (χ2v) is 6.24. The standard InChI is InChI=1S/C10H19NO4S/c1-3-8-4-5-9(7(8)2)11-16(14,15)6-10(12)13/h7-9,11H,3-6H2,1-2H3,(H,12,13). The van der Waals surface area contributed by atoms with Crippen LogP contribution in [0.1, 0.15) is 33.1 Å². The van der Waals surface area contributed by atoms with Crippen molar-refractivity contribution in [3.63, 3.8) is 0 Å². The van der Waals surface area contributed by atoms with E-state index in [1.54, 1.807) is 0 Å². The zero-order valence-corrected chi connectivity index (χ0v) is 10.5. The van der Waals surface area contributed by atoms with Gasteiger partial charge in [-0.2, -0.15) is 0 Å². The smallest absolute Gasteiger partial charge is 0.320 e. The van der Waals surface area contributed by atoms with E-state index in [1.165, 1.54) is 0 Å². The Hall–Kier alpha value is -0.620. The summed E-state index contributed by atoms with van der Waals surface area (Å²) in [6, 6.07) is -0.103. The van der Waals surface area contributed by atoms with E-state index in [-0.39, 0.29) is 12.0 Å². The van der Waals surface area contributed by atoms with Crippen LogP contribution in [0, 0.1) is 11.8 Å².